The zero-order valence-electron chi connectivity index (χ0n) is 17.5. The van der Waals surface area contributed by atoms with E-state index in [0.717, 1.165) is 61.1 Å². The predicted molar refractivity (Wildman–Crippen MR) is 122 cm³/mol. The first-order valence-electron chi connectivity index (χ1n) is 11.0. The van der Waals surface area contributed by atoms with Crippen LogP contribution in [0.4, 0.5) is 4.39 Å². The summed E-state index contributed by atoms with van der Waals surface area (Å²) in [5.41, 5.74) is 2.58. The lowest BCUT2D eigenvalue weighted by atomic mass is 9.97. The molecule has 0 radical (unpaired) electrons. The summed E-state index contributed by atoms with van der Waals surface area (Å²) in [4.78, 5) is 18.9. The molecule has 0 saturated carbocycles. The standard InChI is InChI=1S/C25H27FN4O/c26-22-7-5-19-6-8-23(31)30-17-20(24(22)25(19)30)16-29-13-9-21(10-14-29)28-12-2-4-18-3-1-11-27-15-18/h1-8,11,15,20-21,28H,9-10,12-14,16-17H2/t20-/m1/s1. The van der Waals surface area contributed by atoms with E-state index in [-0.39, 0.29) is 17.3 Å². The zero-order valence-corrected chi connectivity index (χ0v) is 17.5. The molecule has 6 heteroatoms. The maximum Gasteiger partial charge on any atom is 0.251 e. The van der Waals surface area contributed by atoms with Crippen LogP contribution in [0.2, 0.25) is 0 Å². The second kappa shape index (κ2) is 8.73. The molecule has 0 unspecified atom stereocenters. The molecule has 1 N–H and O–H groups in total. The highest BCUT2D eigenvalue weighted by molar-refractivity contribution is 5.84. The molecule has 2 aliphatic heterocycles. The third-order valence-corrected chi connectivity index (χ3v) is 6.53. The number of aromatic nitrogens is 2. The minimum absolute atomic E-state index is 0.0331. The Kier molecular flexibility index (Phi) is 5.66. The maximum absolute atomic E-state index is 14.7. The molecule has 0 aliphatic carbocycles. The molecule has 2 aromatic heterocycles. The van der Waals surface area contributed by atoms with E-state index in [1.165, 1.54) is 0 Å². The van der Waals surface area contributed by atoms with Gasteiger partial charge in [0.05, 0.1) is 5.52 Å². The van der Waals surface area contributed by atoms with Gasteiger partial charge >= 0.3 is 0 Å². The van der Waals surface area contributed by atoms with E-state index in [9.17, 15) is 9.18 Å². The van der Waals surface area contributed by atoms with Crippen molar-refractivity contribution in [2.24, 2.45) is 0 Å². The number of nitrogens with zero attached hydrogens (tertiary/aromatic N) is 3. The molecule has 2 aliphatic rings. The fourth-order valence-corrected chi connectivity index (χ4v) is 4.96. The summed E-state index contributed by atoms with van der Waals surface area (Å²) in [6.45, 7) is 4.19. The summed E-state index contributed by atoms with van der Waals surface area (Å²) in [6.07, 6.45) is 10.0. The number of rotatable bonds is 6. The Morgan fingerprint density at radius 1 is 1.16 bits per heavy atom. The molecule has 0 bridgehead atoms. The first kappa shape index (κ1) is 20.1. The van der Waals surface area contributed by atoms with Crippen molar-refractivity contribution in [1.82, 2.24) is 19.8 Å². The lowest BCUT2D eigenvalue weighted by molar-refractivity contribution is 0.186. The van der Waals surface area contributed by atoms with E-state index in [2.05, 4.69) is 27.4 Å². The molecular formula is C25H27FN4O. The average molecular weight is 419 g/mol. The van der Waals surface area contributed by atoms with E-state index >= 15 is 0 Å². The number of pyridine rings is 2. The van der Waals surface area contributed by atoms with Crippen molar-refractivity contribution < 1.29 is 4.39 Å². The first-order chi connectivity index (χ1) is 15.2. The second-order valence-electron chi connectivity index (χ2n) is 8.55. The van der Waals surface area contributed by atoms with Gasteiger partial charge in [0.25, 0.3) is 5.56 Å². The Bertz CT molecular complexity index is 1150. The van der Waals surface area contributed by atoms with Crippen LogP contribution in [0.3, 0.4) is 0 Å². The molecule has 1 atom stereocenters. The number of likely N-dealkylation sites (tertiary alicyclic amines) is 1. The number of hydrogen-bond acceptors (Lipinski definition) is 4. The minimum Gasteiger partial charge on any atom is -0.310 e. The molecule has 1 aromatic carbocycles. The molecule has 4 heterocycles. The topological polar surface area (TPSA) is 50.2 Å². The lowest BCUT2D eigenvalue weighted by Gasteiger charge is -2.34. The minimum atomic E-state index is -0.189. The second-order valence-corrected chi connectivity index (χ2v) is 8.55. The van der Waals surface area contributed by atoms with Crippen LogP contribution < -0.4 is 10.9 Å². The van der Waals surface area contributed by atoms with E-state index in [0.29, 0.717) is 12.6 Å². The van der Waals surface area contributed by atoms with Gasteiger partial charge in [-0.15, -0.1) is 0 Å². The van der Waals surface area contributed by atoms with Gasteiger partial charge < -0.3 is 14.8 Å². The van der Waals surface area contributed by atoms with Crippen LogP contribution in [0.15, 0.2) is 59.7 Å². The van der Waals surface area contributed by atoms with E-state index in [4.69, 9.17) is 0 Å². The van der Waals surface area contributed by atoms with Crippen molar-refractivity contribution in [2.75, 3.05) is 26.2 Å². The number of halogens is 1. The van der Waals surface area contributed by atoms with Crippen LogP contribution in [0.1, 0.15) is 29.9 Å². The Hall–Kier alpha value is -2.83. The largest absolute Gasteiger partial charge is 0.310 e. The smallest absolute Gasteiger partial charge is 0.251 e. The van der Waals surface area contributed by atoms with Crippen LogP contribution >= 0.6 is 0 Å². The summed E-state index contributed by atoms with van der Waals surface area (Å²) >= 11 is 0. The quantitative estimate of drug-likeness (QED) is 0.667. The van der Waals surface area contributed by atoms with Crippen LogP contribution in [-0.4, -0.2) is 46.7 Å². The average Bonchev–Trinajstić information content (AvgIpc) is 3.18. The number of piperidine rings is 1. The highest BCUT2D eigenvalue weighted by Gasteiger charge is 2.31. The molecule has 1 fully saturated rings. The molecule has 1 saturated heterocycles. The van der Waals surface area contributed by atoms with Gasteiger partial charge in [-0.2, -0.15) is 0 Å². The normalized spacial score (nSPS) is 19.6. The van der Waals surface area contributed by atoms with Crippen molar-refractivity contribution in [1.29, 1.82) is 0 Å². The molecule has 0 amide bonds. The van der Waals surface area contributed by atoms with E-state index in [1.807, 2.05) is 18.3 Å². The summed E-state index contributed by atoms with van der Waals surface area (Å²) < 4.78 is 16.4. The number of hydrogen-bond donors (Lipinski definition) is 1. The molecule has 160 valence electrons. The van der Waals surface area contributed by atoms with Gasteiger partial charge in [-0.1, -0.05) is 18.2 Å². The van der Waals surface area contributed by atoms with E-state index < -0.39 is 0 Å². The molecule has 31 heavy (non-hydrogen) atoms. The monoisotopic (exact) mass is 418 g/mol. The van der Waals surface area contributed by atoms with Crippen molar-refractivity contribution in [3.63, 3.8) is 0 Å². The van der Waals surface area contributed by atoms with Gasteiger partial charge in [0, 0.05) is 55.6 Å². The number of nitrogens with one attached hydrogen (secondary N) is 1. The maximum atomic E-state index is 14.7. The summed E-state index contributed by atoms with van der Waals surface area (Å²) in [5, 5.41) is 4.56. The Labute approximate surface area is 181 Å². The van der Waals surface area contributed by atoms with Crippen molar-refractivity contribution in [2.45, 2.75) is 31.3 Å². The highest BCUT2D eigenvalue weighted by atomic mass is 19.1. The Morgan fingerprint density at radius 3 is 2.81 bits per heavy atom. The number of benzene rings is 1. The third kappa shape index (κ3) is 4.18. The Morgan fingerprint density at radius 2 is 2.00 bits per heavy atom. The SMILES string of the molecule is O=c1ccc2ccc(F)c3c2n1C[C@H]3CN1CCC(NCC=Cc2cccnc2)CC1. The van der Waals surface area contributed by atoms with Crippen molar-refractivity contribution in [3.8, 4) is 0 Å². The van der Waals surface area contributed by atoms with Crippen LogP contribution in [-0.2, 0) is 6.54 Å². The molecule has 5 rings (SSSR count). The van der Waals surface area contributed by atoms with Gasteiger partial charge in [0.2, 0.25) is 0 Å². The molecular weight excluding hydrogens is 391 g/mol. The fourth-order valence-electron chi connectivity index (χ4n) is 4.96. The van der Waals surface area contributed by atoms with Crippen molar-refractivity contribution in [3.05, 3.63) is 82.2 Å². The zero-order chi connectivity index (χ0) is 21.2. The van der Waals surface area contributed by atoms with Crippen LogP contribution in [0.5, 0.6) is 0 Å². The van der Waals surface area contributed by atoms with E-state index in [1.54, 1.807) is 35.0 Å². The Balaban J connectivity index is 1.16. The molecule has 0 spiro atoms. The molecule has 3 aromatic rings. The first-order valence-corrected chi connectivity index (χ1v) is 11.0. The lowest BCUT2D eigenvalue weighted by Crippen LogP contribution is -2.44. The summed E-state index contributed by atoms with van der Waals surface area (Å²) in [6, 6.07) is 11.2. The third-order valence-electron chi connectivity index (χ3n) is 6.53. The van der Waals surface area contributed by atoms with Gasteiger partial charge in [-0.25, -0.2) is 4.39 Å². The molecule has 5 nitrogen and oxygen atoms in total. The summed E-state index contributed by atoms with van der Waals surface area (Å²) in [5.74, 6) is -0.156. The predicted octanol–water partition coefficient (Wildman–Crippen LogP) is 3.40. The van der Waals surface area contributed by atoms with Gasteiger partial charge in [0.15, 0.2) is 0 Å². The van der Waals surface area contributed by atoms with Gasteiger partial charge in [0.1, 0.15) is 5.82 Å². The summed E-state index contributed by atoms with van der Waals surface area (Å²) in [7, 11) is 0. The fraction of sp³-hybridized carbons (Fsp3) is 0.360. The van der Waals surface area contributed by atoms with Gasteiger partial charge in [-0.05, 0) is 61.1 Å². The highest BCUT2D eigenvalue weighted by Crippen LogP contribution is 2.35. The van der Waals surface area contributed by atoms with Crippen LogP contribution in [0, 0.1) is 5.82 Å². The van der Waals surface area contributed by atoms with Crippen molar-refractivity contribution >= 4 is 17.0 Å². The van der Waals surface area contributed by atoms with Gasteiger partial charge in [-0.3, -0.25) is 9.78 Å². The van der Waals surface area contributed by atoms with Crippen LogP contribution in [0.25, 0.3) is 17.0 Å².